The Morgan fingerprint density at radius 2 is 0.714 bits per heavy atom. The molecule has 0 aromatic heterocycles. The molecule has 8 nitrogen and oxygen atoms in total. The van der Waals surface area contributed by atoms with Crippen LogP contribution in [0.5, 0.6) is 0 Å². The summed E-state index contributed by atoms with van der Waals surface area (Å²) in [5.41, 5.74) is 1.86. The second kappa shape index (κ2) is 24.6. The molecule has 0 radical (unpaired) electrons. The molecule has 0 atom stereocenters. The van der Waals surface area contributed by atoms with E-state index in [2.05, 4.69) is 41.8 Å². The summed E-state index contributed by atoms with van der Waals surface area (Å²) in [6.07, 6.45) is 10.9. The number of rotatable bonds is 14. The largest absolute Gasteiger partial charge is 0.744 e. The molecule has 10 heteroatoms. The lowest BCUT2D eigenvalue weighted by molar-refractivity contribution is -0.880. The molecule has 0 amide bonds. The summed E-state index contributed by atoms with van der Waals surface area (Å²) in [4.78, 5) is 3.04. The molecule has 0 aliphatic heterocycles. The normalized spacial score (nSPS) is 11.1. The molecule has 2 aromatic carbocycles. The molecule has 0 spiro atoms. The standard InChI is InChI=1S/2C9H21N.2C7H8O3S/c2*1-4-6-8-10(3)9-7-5-2;2*1-6-2-4-7(5-3-6)11(8,9)10/h2*4-9H2,1-3H3;2*2-5H,1H3,(H,8,9,10). The van der Waals surface area contributed by atoms with Crippen molar-refractivity contribution in [2.45, 2.75) is 103 Å². The molecule has 2 aromatic rings. The molecule has 0 bridgehead atoms. The first-order chi connectivity index (χ1) is 19.6. The van der Waals surface area contributed by atoms with Gasteiger partial charge in [0.2, 0.25) is 0 Å². The van der Waals surface area contributed by atoms with E-state index in [1.165, 1.54) is 102 Å². The fourth-order valence-corrected chi connectivity index (χ4v) is 4.51. The van der Waals surface area contributed by atoms with Crippen LogP contribution in [0.2, 0.25) is 0 Å². The number of hydrogen-bond acceptors (Lipinski definition) is 6. The van der Waals surface area contributed by atoms with Crippen molar-refractivity contribution in [1.29, 1.82) is 0 Å². The lowest BCUT2D eigenvalue weighted by Crippen LogP contribution is -3.08. The third-order valence-electron chi connectivity index (χ3n) is 6.45. The topological polar surface area (TPSA) is 123 Å². The quantitative estimate of drug-likeness (QED) is 0.304. The molecule has 0 saturated carbocycles. The molecule has 0 fully saturated rings. The summed E-state index contributed by atoms with van der Waals surface area (Å²) in [5, 5.41) is 0. The van der Waals surface area contributed by atoms with Gasteiger partial charge < -0.3 is 18.9 Å². The lowest BCUT2D eigenvalue weighted by atomic mass is 10.2. The minimum atomic E-state index is -4.27. The van der Waals surface area contributed by atoms with Crippen molar-refractivity contribution in [2.24, 2.45) is 0 Å². The summed E-state index contributed by atoms with van der Waals surface area (Å²) in [6, 6.07) is 11.6. The molecule has 0 saturated heterocycles. The first-order valence-electron chi connectivity index (χ1n) is 15.3. The highest BCUT2D eigenvalue weighted by atomic mass is 32.2. The Hall–Kier alpha value is -1.82. The molecule has 244 valence electrons. The number of aryl methyl sites for hydroxylation is 2. The van der Waals surface area contributed by atoms with Gasteiger partial charge in [-0.05, 0) is 63.8 Å². The maximum atomic E-state index is 10.4. The third-order valence-corrected chi connectivity index (χ3v) is 8.15. The summed E-state index contributed by atoms with van der Waals surface area (Å²) < 4.78 is 62.3. The van der Waals surface area contributed by atoms with Crippen LogP contribution in [0.3, 0.4) is 0 Å². The van der Waals surface area contributed by atoms with Gasteiger partial charge in [-0.1, -0.05) is 88.8 Å². The Labute approximate surface area is 258 Å². The van der Waals surface area contributed by atoms with E-state index in [1.807, 2.05) is 13.8 Å². The Kier molecular flexibility index (Phi) is 24.8. The van der Waals surface area contributed by atoms with Crippen molar-refractivity contribution < 1.29 is 35.7 Å². The van der Waals surface area contributed by atoms with Crippen molar-refractivity contribution in [2.75, 3.05) is 40.3 Å². The van der Waals surface area contributed by atoms with E-state index in [0.29, 0.717) is 0 Å². The highest BCUT2D eigenvalue weighted by Crippen LogP contribution is 2.09. The first-order valence-corrected chi connectivity index (χ1v) is 18.1. The van der Waals surface area contributed by atoms with Crippen LogP contribution in [-0.2, 0) is 20.2 Å². The van der Waals surface area contributed by atoms with Crippen molar-refractivity contribution in [3.05, 3.63) is 59.7 Å². The van der Waals surface area contributed by atoms with Gasteiger partial charge >= 0.3 is 0 Å². The smallest absolute Gasteiger partial charge is 0.124 e. The molecule has 2 N–H and O–H groups in total. The lowest BCUT2D eigenvalue weighted by Gasteiger charge is -2.11. The van der Waals surface area contributed by atoms with Gasteiger partial charge in [0.05, 0.1) is 50.1 Å². The van der Waals surface area contributed by atoms with Crippen LogP contribution in [0.25, 0.3) is 0 Å². The van der Waals surface area contributed by atoms with Gasteiger partial charge in [-0.25, -0.2) is 16.8 Å². The Morgan fingerprint density at radius 1 is 0.500 bits per heavy atom. The van der Waals surface area contributed by atoms with Gasteiger partial charge in [0.1, 0.15) is 20.2 Å². The molecule has 0 aliphatic rings. The van der Waals surface area contributed by atoms with Crippen LogP contribution in [0, 0.1) is 13.8 Å². The van der Waals surface area contributed by atoms with Gasteiger partial charge in [0.15, 0.2) is 0 Å². The zero-order valence-electron chi connectivity index (χ0n) is 27.4. The van der Waals surface area contributed by atoms with Crippen LogP contribution in [0.4, 0.5) is 0 Å². The molecule has 0 aliphatic carbocycles. The van der Waals surface area contributed by atoms with Gasteiger partial charge in [-0.3, -0.25) is 0 Å². The molecular weight excluding hydrogens is 572 g/mol. The zero-order valence-corrected chi connectivity index (χ0v) is 29.0. The molecular formula is C32H58N2O6S2. The van der Waals surface area contributed by atoms with E-state index >= 15 is 0 Å². The van der Waals surface area contributed by atoms with Crippen molar-refractivity contribution in [3.8, 4) is 0 Å². The van der Waals surface area contributed by atoms with Crippen molar-refractivity contribution in [1.82, 2.24) is 0 Å². The third kappa shape index (κ3) is 24.7. The van der Waals surface area contributed by atoms with Crippen LogP contribution < -0.4 is 9.80 Å². The van der Waals surface area contributed by atoms with Crippen LogP contribution in [-0.4, -0.2) is 66.2 Å². The van der Waals surface area contributed by atoms with Gasteiger partial charge in [0.25, 0.3) is 0 Å². The predicted octanol–water partition coefficient (Wildman–Crippen LogP) is 4.00. The number of benzene rings is 2. The number of unbranched alkanes of at least 4 members (excludes halogenated alkanes) is 4. The SMILES string of the molecule is CCCC[NH+](C)CCCC.CCCC[NH+](C)CCCC.Cc1ccc(S(=O)(=O)[O-])cc1.Cc1ccc(S(=O)(=O)[O-])cc1. The Morgan fingerprint density at radius 3 is 0.881 bits per heavy atom. The Balaban J connectivity index is 0. The maximum Gasteiger partial charge on any atom is 0.124 e. The summed E-state index contributed by atoms with van der Waals surface area (Å²) in [7, 11) is -3.95. The molecule has 0 heterocycles. The van der Waals surface area contributed by atoms with Gasteiger partial charge in [-0.15, -0.1) is 0 Å². The van der Waals surface area contributed by atoms with E-state index < -0.39 is 20.2 Å². The monoisotopic (exact) mass is 630 g/mol. The predicted molar refractivity (Wildman–Crippen MR) is 171 cm³/mol. The summed E-state index contributed by atoms with van der Waals surface area (Å²) >= 11 is 0. The minimum absolute atomic E-state index is 0.178. The molecule has 42 heavy (non-hydrogen) atoms. The second-order valence-corrected chi connectivity index (χ2v) is 13.6. The zero-order chi connectivity index (χ0) is 32.6. The van der Waals surface area contributed by atoms with Gasteiger partial charge in [-0.2, -0.15) is 0 Å². The molecule has 0 unspecified atom stereocenters. The number of hydrogen-bond donors (Lipinski definition) is 2. The van der Waals surface area contributed by atoms with Gasteiger partial charge in [0, 0.05) is 0 Å². The molecule has 2 rings (SSSR count). The van der Waals surface area contributed by atoms with E-state index in [9.17, 15) is 25.9 Å². The average molecular weight is 631 g/mol. The maximum absolute atomic E-state index is 10.4. The van der Waals surface area contributed by atoms with E-state index in [4.69, 9.17) is 0 Å². The van der Waals surface area contributed by atoms with Crippen molar-refractivity contribution in [3.63, 3.8) is 0 Å². The average Bonchev–Trinajstić information content (AvgIpc) is 2.93. The van der Waals surface area contributed by atoms with Crippen LogP contribution >= 0.6 is 0 Å². The van der Waals surface area contributed by atoms with E-state index in [1.54, 1.807) is 34.1 Å². The summed E-state index contributed by atoms with van der Waals surface area (Å²) in [5.74, 6) is 0. The second-order valence-electron chi connectivity index (χ2n) is 10.9. The highest BCUT2D eigenvalue weighted by Gasteiger charge is 2.00. The Bertz CT molecular complexity index is 1010. The number of quaternary nitrogens is 2. The van der Waals surface area contributed by atoms with Crippen LogP contribution in [0.15, 0.2) is 58.3 Å². The fraction of sp³-hybridized carbons (Fsp3) is 0.625. The first kappa shape index (κ1) is 42.3. The highest BCUT2D eigenvalue weighted by molar-refractivity contribution is 7.86. The van der Waals surface area contributed by atoms with E-state index in [-0.39, 0.29) is 9.79 Å². The minimum Gasteiger partial charge on any atom is -0.744 e. The van der Waals surface area contributed by atoms with Crippen molar-refractivity contribution >= 4 is 20.2 Å². The summed E-state index contributed by atoms with van der Waals surface area (Å²) in [6.45, 7) is 18.1. The number of nitrogens with one attached hydrogen (secondary N) is 2. The van der Waals surface area contributed by atoms with Crippen LogP contribution in [0.1, 0.15) is 90.2 Å². The van der Waals surface area contributed by atoms with E-state index in [0.717, 1.165) is 11.1 Å². The fourth-order valence-electron chi connectivity index (χ4n) is 3.57.